The molecule has 0 aliphatic rings. The van der Waals surface area contributed by atoms with Crippen LogP contribution in [0.3, 0.4) is 0 Å². The SMILES string of the molecule is CC(C)C(C)(C(N)=NC(=O)O)c1ccc(Br)cc1. The molecule has 1 unspecified atom stereocenters. The molecule has 0 saturated carbocycles. The lowest BCUT2D eigenvalue weighted by Crippen LogP contribution is -2.43. The maximum absolute atomic E-state index is 10.7. The molecular weight excluding hydrogens is 296 g/mol. The molecule has 0 aliphatic heterocycles. The van der Waals surface area contributed by atoms with Crippen molar-refractivity contribution < 1.29 is 9.90 Å². The Morgan fingerprint density at radius 2 is 1.89 bits per heavy atom. The van der Waals surface area contributed by atoms with Gasteiger partial charge in [0, 0.05) is 4.47 Å². The highest BCUT2D eigenvalue weighted by molar-refractivity contribution is 9.10. The zero-order valence-corrected chi connectivity index (χ0v) is 12.2. The first-order valence-electron chi connectivity index (χ1n) is 5.62. The normalized spacial score (nSPS) is 15.5. The molecule has 0 radical (unpaired) electrons. The molecule has 3 N–H and O–H groups in total. The van der Waals surface area contributed by atoms with Crippen molar-refractivity contribution in [3.63, 3.8) is 0 Å². The van der Waals surface area contributed by atoms with Crippen molar-refractivity contribution in [2.24, 2.45) is 16.6 Å². The summed E-state index contributed by atoms with van der Waals surface area (Å²) in [7, 11) is 0. The maximum atomic E-state index is 10.7. The standard InChI is InChI=1S/C13H17BrN2O2/c1-8(2)13(3,11(15)16-12(17)18)9-4-6-10(14)7-5-9/h4-8H,1-3H3,(H2,15,16)(H,17,18). The summed E-state index contributed by atoms with van der Waals surface area (Å²) in [5.41, 5.74) is 6.23. The average molecular weight is 313 g/mol. The van der Waals surface area contributed by atoms with Gasteiger partial charge in [0.05, 0.1) is 5.41 Å². The summed E-state index contributed by atoms with van der Waals surface area (Å²) >= 11 is 3.37. The summed E-state index contributed by atoms with van der Waals surface area (Å²) < 4.78 is 0.964. The van der Waals surface area contributed by atoms with Crippen molar-refractivity contribution in [2.45, 2.75) is 26.2 Å². The molecule has 18 heavy (non-hydrogen) atoms. The largest absolute Gasteiger partial charge is 0.463 e. The number of carbonyl (C=O) groups is 1. The summed E-state index contributed by atoms with van der Waals surface area (Å²) in [5.74, 6) is 0.245. The van der Waals surface area contributed by atoms with Gasteiger partial charge in [0.2, 0.25) is 0 Å². The molecule has 0 spiro atoms. The molecule has 0 fully saturated rings. The van der Waals surface area contributed by atoms with Crippen LogP contribution in [-0.2, 0) is 5.41 Å². The van der Waals surface area contributed by atoms with Crippen LogP contribution in [0.25, 0.3) is 0 Å². The predicted octanol–water partition coefficient (Wildman–Crippen LogP) is 3.40. The van der Waals surface area contributed by atoms with Crippen LogP contribution in [0, 0.1) is 5.92 Å². The van der Waals surface area contributed by atoms with E-state index in [1.54, 1.807) is 0 Å². The lowest BCUT2D eigenvalue weighted by atomic mass is 9.72. The number of halogens is 1. The first kappa shape index (κ1) is 14.7. The van der Waals surface area contributed by atoms with Crippen LogP contribution in [0.2, 0.25) is 0 Å². The Morgan fingerprint density at radius 3 is 2.28 bits per heavy atom. The number of amidine groups is 1. The minimum Gasteiger partial charge on any atom is -0.463 e. The highest BCUT2D eigenvalue weighted by Gasteiger charge is 2.35. The van der Waals surface area contributed by atoms with Gasteiger partial charge in [-0.25, -0.2) is 4.79 Å². The van der Waals surface area contributed by atoms with Crippen molar-refractivity contribution in [3.05, 3.63) is 34.3 Å². The number of carboxylic acid groups (broad SMARTS) is 1. The molecule has 0 heterocycles. The third kappa shape index (κ3) is 2.90. The first-order valence-corrected chi connectivity index (χ1v) is 6.41. The fourth-order valence-electron chi connectivity index (χ4n) is 1.79. The summed E-state index contributed by atoms with van der Waals surface area (Å²) in [6.45, 7) is 5.89. The number of aliphatic imine (C=N–C) groups is 1. The van der Waals surface area contributed by atoms with Gasteiger partial charge in [-0.1, -0.05) is 41.9 Å². The zero-order valence-electron chi connectivity index (χ0n) is 10.6. The molecule has 1 rings (SSSR count). The molecule has 4 nitrogen and oxygen atoms in total. The molecule has 0 saturated heterocycles. The van der Waals surface area contributed by atoms with Crippen molar-refractivity contribution in [1.82, 2.24) is 0 Å². The number of hydrogen-bond donors (Lipinski definition) is 2. The van der Waals surface area contributed by atoms with Gasteiger partial charge < -0.3 is 10.8 Å². The predicted molar refractivity (Wildman–Crippen MR) is 76.0 cm³/mol. The van der Waals surface area contributed by atoms with Crippen molar-refractivity contribution in [2.75, 3.05) is 0 Å². The van der Waals surface area contributed by atoms with Gasteiger partial charge in [0.15, 0.2) is 0 Å². The number of nitrogens with two attached hydrogens (primary N) is 1. The molecule has 0 bridgehead atoms. The van der Waals surface area contributed by atoms with Crippen molar-refractivity contribution in [1.29, 1.82) is 0 Å². The molecule has 1 aromatic carbocycles. The molecular formula is C13H17BrN2O2. The molecule has 5 heteroatoms. The monoisotopic (exact) mass is 312 g/mol. The van der Waals surface area contributed by atoms with Gasteiger partial charge in [0.1, 0.15) is 5.84 Å². The minimum absolute atomic E-state index is 0.118. The Bertz CT molecular complexity index is 468. The molecule has 0 aliphatic carbocycles. The summed E-state index contributed by atoms with van der Waals surface area (Å²) in [6, 6.07) is 7.66. The highest BCUT2D eigenvalue weighted by atomic mass is 79.9. The Morgan fingerprint density at radius 1 is 1.39 bits per heavy atom. The third-order valence-corrected chi connectivity index (χ3v) is 3.88. The molecule has 1 atom stereocenters. The maximum Gasteiger partial charge on any atom is 0.432 e. The Hall–Kier alpha value is -1.36. The second kappa shape index (κ2) is 5.52. The van der Waals surface area contributed by atoms with Crippen LogP contribution < -0.4 is 5.73 Å². The van der Waals surface area contributed by atoms with E-state index in [0.717, 1.165) is 10.0 Å². The van der Waals surface area contributed by atoms with Crippen LogP contribution in [0.1, 0.15) is 26.3 Å². The summed E-state index contributed by atoms with van der Waals surface area (Å²) in [5, 5.41) is 8.75. The Kier molecular flexibility index (Phi) is 4.51. The second-order valence-corrected chi connectivity index (χ2v) is 5.56. The van der Waals surface area contributed by atoms with E-state index in [9.17, 15) is 4.79 Å². The molecule has 1 amide bonds. The first-order chi connectivity index (χ1) is 8.28. The van der Waals surface area contributed by atoms with E-state index in [0.29, 0.717) is 0 Å². The van der Waals surface area contributed by atoms with Gasteiger partial charge in [-0.3, -0.25) is 0 Å². The van der Waals surface area contributed by atoms with Crippen LogP contribution >= 0.6 is 15.9 Å². The van der Waals surface area contributed by atoms with E-state index < -0.39 is 11.5 Å². The number of nitrogens with zero attached hydrogens (tertiary/aromatic N) is 1. The van der Waals surface area contributed by atoms with Gasteiger partial charge in [0.25, 0.3) is 0 Å². The lowest BCUT2D eigenvalue weighted by molar-refractivity contribution is 0.205. The molecule has 98 valence electrons. The quantitative estimate of drug-likeness (QED) is 0.663. The smallest absolute Gasteiger partial charge is 0.432 e. The Labute approximate surface area is 115 Å². The molecule has 1 aromatic rings. The number of benzene rings is 1. The van der Waals surface area contributed by atoms with Crippen molar-refractivity contribution >= 4 is 27.9 Å². The van der Waals surface area contributed by atoms with Crippen LogP contribution in [-0.4, -0.2) is 17.0 Å². The topological polar surface area (TPSA) is 75.7 Å². The number of amides is 1. The van der Waals surface area contributed by atoms with E-state index in [4.69, 9.17) is 10.8 Å². The summed E-state index contributed by atoms with van der Waals surface area (Å²) in [4.78, 5) is 14.2. The van der Waals surface area contributed by atoms with E-state index in [1.165, 1.54) is 0 Å². The lowest BCUT2D eigenvalue weighted by Gasteiger charge is -2.33. The third-order valence-electron chi connectivity index (χ3n) is 3.35. The van der Waals surface area contributed by atoms with Gasteiger partial charge in [-0.2, -0.15) is 4.99 Å². The van der Waals surface area contributed by atoms with Gasteiger partial charge >= 0.3 is 6.09 Å². The minimum atomic E-state index is -1.27. The van der Waals surface area contributed by atoms with Gasteiger partial charge in [-0.15, -0.1) is 0 Å². The highest BCUT2D eigenvalue weighted by Crippen LogP contribution is 2.33. The van der Waals surface area contributed by atoms with Crippen molar-refractivity contribution in [3.8, 4) is 0 Å². The van der Waals surface area contributed by atoms with Crippen LogP contribution in [0.5, 0.6) is 0 Å². The number of hydrogen-bond acceptors (Lipinski definition) is 1. The van der Waals surface area contributed by atoms with E-state index in [1.807, 2.05) is 45.0 Å². The van der Waals surface area contributed by atoms with Gasteiger partial charge in [-0.05, 0) is 30.5 Å². The van der Waals surface area contributed by atoms with Crippen LogP contribution in [0.15, 0.2) is 33.7 Å². The average Bonchev–Trinajstić information content (AvgIpc) is 2.27. The van der Waals surface area contributed by atoms with E-state index in [2.05, 4.69) is 20.9 Å². The Balaban J connectivity index is 3.32. The second-order valence-electron chi connectivity index (χ2n) is 4.64. The molecule has 0 aromatic heterocycles. The zero-order chi connectivity index (χ0) is 13.9. The fourth-order valence-corrected chi connectivity index (χ4v) is 2.06. The van der Waals surface area contributed by atoms with E-state index in [-0.39, 0.29) is 11.8 Å². The summed E-state index contributed by atoms with van der Waals surface area (Å²) in [6.07, 6.45) is -1.27. The number of rotatable bonds is 3. The van der Waals surface area contributed by atoms with Crippen LogP contribution in [0.4, 0.5) is 4.79 Å². The van der Waals surface area contributed by atoms with E-state index >= 15 is 0 Å². The fraction of sp³-hybridized carbons (Fsp3) is 0.385.